The van der Waals surface area contributed by atoms with Crippen molar-refractivity contribution in [3.63, 3.8) is 0 Å². The molecule has 0 heterocycles. The molecule has 1 rings (SSSR count). The van der Waals surface area contributed by atoms with E-state index in [1.54, 1.807) is 6.92 Å². The topological polar surface area (TPSA) is 32.6 Å². The van der Waals surface area contributed by atoms with Gasteiger partial charge >= 0.3 is 0 Å². The van der Waals surface area contributed by atoms with E-state index in [2.05, 4.69) is 37.0 Å². The van der Waals surface area contributed by atoms with Crippen molar-refractivity contribution in [1.29, 1.82) is 0 Å². The van der Waals surface area contributed by atoms with Gasteiger partial charge in [-0.3, -0.25) is 0 Å². The molecule has 1 aromatic carbocycles. The maximum Gasteiger partial charge on any atom is 0.0848 e. The van der Waals surface area contributed by atoms with Gasteiger partial charge in [-0.1, -0.05) is 37.0 Å². The zero-order valence-corrected chi connectivity index (χ0v) is 9.55. The van der Waals surface area contributed by atoms with Gasteiger partial charge in [-0.15, -0.1) is 0 Å². The smallest absolute Gasteiger partial charge is 0.0848 e. The second-order valence-electron chi connectivity index (χ2n) is 2.31. The monoisotopic (exact) mass is 291 g/mol. The first kappa shape index (κ1) is 9.74. The van der Waals surface area contributed by atoms with Crippen molar-refractivity contribution in [2.75, 3.05) is 0 Å². The Hall–Kier alpha value is -0.350. The Labute approximate surface area is 87.5 Å². The molecule has 0 spiro atoms. The molecule has 1 N–H and O–H groups in total. The molecule has 12 heavy (non-hydrogen) atoms. The lowest BCUT2D eigenvalue weighted by molar-refractivity contribution is 0.319. The van der Waals surface area contributed by atoms with Gasteiger partial charge in [-0.25, -0.2) is 0 Å². The van der Waals surface area contributed by atoms with Crippen LogP contribution in [0.4, 0.5) is 0 Å². The molecule has 0 aliphatic carbocycles. The Kier molecular flexibility index (Phi) is 3.29. The quantitative estimate of drug-likeness (QED) is 0.480. The summed E-state index contributed by atoms with van der Waals surface area (Å²) in [5, 5.41) is 11.7. The molecular weight excluding hydrogens is 286 g/mol. The predicted octanol–water partition coefficient (Wildman–Crippen LogP) is 3.41. The Morgan fingerprint density at radius 3 is 2.67 bits per heavy atom. The highest BCUT2D eigenvalue weighted by atomic mass is 79.9. The lowest BCUT2D eigenvalue weighted by atomic mass is 10.1. The summed E-state index contributed by atoms with van der Waals surface area (Å²) in [6, 6.07) is 5.70. The van der Waals surface area contributed by atoms with Crippen LogP contribution in [-0.2, 0) is 0 Å². The molecule has 0 aliphatic heterocycles. The van der Waals surface area contributed by atoms with Crippen molar-refractivity contribution < 1.29 is 5.21 Å². The second kappa shape index (κ2) is 4.05. The first-order valence-corrected chi connectivity index (χ1v) is 4.88. The number of nitrogens with zero attached hydrogens (tertiary/aromatic N) is 1. The van der Waals surface area contributed by atoms with Crippen molar-refractivity contribution in [2.45, 2.75) is 6.92 Å². The van der Waals surface area contributed by atoms with Gasteiger partial charge in [-0.2, -0.15) is 0 Å². The van der Waals surface area contributed by atoms with E-state index < -0.39 is 0 Å². The molecule has 0 radical (unpaired) electrons. The molecule has 0 unspecified atom stereocenters. The van der Waals surface area contributed by atoms with Crippen LogP contribution in [-0.4, -0.2) is 10.9 Å². The third-order valence-corrected chi connectivity index (χ3v) is 2.65. The summed E-state index contributed by atoms with van der Waals surface area (Å²) in [6.45, 7) is 1.74. The van der Waals surface area contributed by atoms with Gasteiger partial charge in [0.15, 0.2) is 0 Å². The van der Waals surface area contributed by atoms with Crippen LogP contribution in [0.1, 0.15) is 12.5 Å². The highest BCUT2D eigenvalue weighted by molar-refractivity contribution is 9.11. The number of hydrogen-bond acceptors (Lipinski definition) is 2. The third-order valence-electron chi connectivity index (χ3n) is 1.47. The van der Waals surface area contributed by atoms with Crippen molar-refractivity contribution >= 4 is 37.6 Å². The molecular formula is C8H7Br2NO. The van der Waals surface area contributed by atoms with Crippen LogP contribution in [0.3, 0.4) is 0 Å². The average Bonchev–Trinajstić information content (AvgIpc) is 2.08. The molecule has 0 bridgehead atoms. The Morgan fingerprint density at radius 2 is 2.08 bits per heavy atom. The minimum absolute atomic E-state index is 0.586. The van der Waals surface area contributed by atoms with Crippen LogP contribution in [0.25, 0.3) is 0 Å². The molecule has 0 fully saturated rings. The van der Waals surface area contributed by atoms with Gasteiger partial charge in [0, 0.05) is 14.5 Å². The summed E-state index contributed by atoms with van der Waals surface area (Å²) in [7, 11) is 0. The van der Waals surface area contributed by atoms with Crippen LogP contribution in [0, 0.1) is 0 Å². The second-order valence-corrected chi connectivity index (χ2v) is 4.08. The summed E-state index contributed by atoms with van der Waals surface area (Å²) in [5.41, 5.74) is 1.47. The van der Waals surface area contributed by atoms with E-state index in [1.807, 2.05) is 18.2 Å². The molecule has 2 nitrogen and oxygen atoms in total. The van der Waals surface area contributed by atoms with E-state index in [-0.39, 0.29) is 0 Å². The summed E-state index contributed by atoms with van der Waals surface area (Å²) >= 11 is 6.70. The highest BCUT2D eigenvalue weighted by Crippen LogP contribution is 2.21. The normalized spacial score (nSPS) is 11.8. The van der Waals surface area contributed by atoms with Gasteiger partial charge in [-0.05, 0) is 25.1 Å². The largest absolute Gasteiger partial charge is 0.411 e. The summed E-state index contributed by atoms with van der Waals surface area (Å²) in [6.07, 6.45) is 0. The molecule has 4 heteroatoms. The summed E-state index contributed by atoms with van der Waals surface area (Å²) < 4.78 is 1.88. The molecule has 1 aromatic rings. The molecule has 0 atom stereocenters. The molecule has 0 amide bonds. The van der Waals surface area contributed by atoms with Crippen LogP contribution in [0.15, 0.2) is 32.3 Å². The van der Waals surface area contributed by atoms with E-state index in [9.17, 15) is 0 Å². The zero-order valence-electron chi connectivity index (χ0n) is 6.38. The van der Waals surface area contributed by atoms with Crippen LogP contribution < -0.4 is 0 Å². The van der Waals surface area contributed by atoms with E-state index in [0.717, 1.165) is 14.5 Å². The Bertz CT molecular complexity index is 323. The number of halogens is 2. The first-order chi connectivity index (χ1) is 5.65. The fourth-order valence-electron chi connectivity index (χ4n) is 0.829. The van der Waals surface area contributed by atoms with Crippen LogP contribution in [0.5, 0.6) is 0 Å². The Balaban J connectivity index is 3.23. The first-order valence-electron chi connectivity index (χ1n) is 3.29. The fourth-order valence-corrected chi connectivity index (χ4v) is 1.72. The van der Waals surface area contributed by atoms with Crippen molar-refractivity contribution in [3.8, 4) is 0 Å². The molecule has 0 aromatic heterocycles. The maximum atomic E-state index is 8.56. The van der Waals surface area contributed by atoms with Crippen molar-refractivity contribution in [2.24, 2.45) is 5.16 Å². The lowest BCUT2D eigenvalue weighted by Crippen LogP contribution is -1.95. The van der Waals surface area contributed by atoms with Gasteiger partial charge in [0.1, 0.15) is 0 Å². The van der Waals surface area contributed by atoms with E-state index in [0.29, 0.717) is 5.71 Å². The van der Waals surface area contributed by atoms with Gasteiger partial charge < -0.3 is 5.21 Å². The minimum Gasteiger partial charge on any atom is -0.411 e. The standard InChI is InChI=1S/C8H7Br2NO/c1-5(11-12)7-4-6(9)2-3-8(7)10/h2-4,12H,1H3. The molecule has 0 saturated carbocycles. The number of oxime groups is 1. The van der Waals surface area contributed by atoms with Gasteiger partial charge in [0.25, 0.3) is 0 Å². The SMILES string of the molecule is CC(=NO)c1cc(Br)ccc1Br. The predicted molar refractivity (Wildman–Crippen MR) is 55.8 cm³/mol. The average molecular weight is 293 g/mol. The van der Waals surface area contributed by atoms with E-state index >= 15 is 0 Å². The van der Waals surface area contributed by atoms with E-state index in [1.165, 1.54) is 0 Å². The minimum atomic E-state index is 0.586. The van der Waals surface area contributed by atoms with Crippen molar-refractivity contribution in [3.05, 3.63) is 32.7 Å². The number of hydrogen-bond donors (Lipinski definition) is 1. The van der Waals surface area contributed by atoms with Crippen LogP contribution >= 0.6 is 31.9 Å². The Morgan fingerprint density at radius 1 is 1.42 bits per heavy atom. The third kappa shape index (κ3) is 2.08. The lowest BCUT2D eigenvalue weighted by Gasteiger charge is -2.02. The summed E-state index contributed by atoms with van der Waals surface area (Å²) in [4.78, 5) is 0. The molecule has 64 valence electrons. The molecule has 0 saturated heterocycles. The maximum absolute atomic E-state index is 8.56. The fraction of sp³-hybridized carbons (Fsp3) is 0.125. The number of benzene rings is 1. The highest BCUT2D eigenvalue weighted by Gasteiger charge is 2.03. The van der Waals surface area contributed by atoms with Gasteiger partial charge in [0.2, 0.25) is 0 Å². The van der Waals surface area contributed by atoms with Gasteiger partial charge in [0.05, 0.1) is 5.71 Å². The molecule has 0 aliphatic rings. The van der Waals surface area contributed by atoms with E-state index in [4.69, 9.17) is 5.21 Å². The zero-order chi connectivity index (χ0) is 9.14. The summed E-state index contributed by atoms with van der Waals surface area (Å²) in [5.74, 6) is 0. The van der Waals surface area contributed by atoms with Crippen LogP contribution in [0.2, 0.25) is 0 Å². The number of rotatable bonds is 1. The van der Waals surface area contributed by atoms with Crippen molar-refractivity contribution in [1.82, 2.24) is 0 Å².